The molecule has 6 nitrogen and oxygen atoms in total. The molecular formula is C15H21NO5. The maximum atomic E-state index is 11.0. The first-order chi connectivity index (χ1) is 9.65. The summed E-state index contributed by atoms with van der Waals surface area (Å²) in [6.45, 7) is 6.49. The van der Waals surface area contributed by atoms with Crippen LogP contribution in [0.2, 0.25) is 0 Å². The van der Waals surface area contributed by atoms with E-state index in [0.717, 1.165) is 11.8 Å². The molecule has 1 atom stereocenters. The van der Waals surface area contributed by atoms with E-state index >= 15 is 0 Å². The fraction of sp³-hybridized carbons (Fsp3) is 0.400. The second-order valence-electron chi connectivity index (χ2n) is 5.23. The van der Waals surface area contributed by atoms with E-state index in [4.69, 9.17) is 9.84 Å². The molecule has 1 rings (SSSR count). The number of hydrogen-bond acceptors (Lipinski definition) is 4. The lowest BCUT2D eigenvalue weighted by molar-refractivity contribution is -0.139. The predicted octanol–water partition coefficient (Wildman–Crippen LogP) is 2.48. The van der Waals surface area contributed by atoms with Crippen molar-refractivity contribution < 1.29 is 24.2 Å². The maximum absolute atomic E-state index is 11.0. The summed E-state index contributed by atoms with van der Waals surface area (Å²) < 4.78 is 4.85. The number of rotatable bonds is 3. The molecule has 0 spiro atoms. The third kappa shape index (κ3) is 10.1. The second-order valence-corrected chi connectivity index (χ2v) is 5.23. The standard InChI is InChI=1S/C8H15NO4.C7H6O/c1-5(6(10)11)9-7(12)13-8(2,3)4;8-6-7-4-2-1-3-5-7/h5H,1-4H3,(H,9,12)(H,10,11);1-6H/t5-;/m0./s1. The van der Waals surface area contributed by atoms with Crippen molar-refractivity contribution in [1.29, 1.82) is 0 Å². The molecule has 0 aromatic heterocycles. The zero-order chi connectivity index (χ0) is 16.5. The van der Waals surface area contributed by atoms with Crippen LogP contribution in [0, 0.1) is 0 Å². The van der Waals surface area contributed by atoms with Gasteiger partial charge in [0.1, 0.15) is 17.9 Å². The number of aldehydes is 1. The summed E-state index contributed by atoms with van der Waals surface area (Å²) in [6, 6.07) is 8.16. The minimum atomic E-state index is -1.09. The molecule has 6 heteroatoms. The zero-order valence-corrected chi connectivity index (χ0v) is 12.6. The lowest BCUT2D eigenvalue weighted by Crippen LogP contribution is -2.41. The molecule has 1 aromatic rings. The number of carboxylic acid groups (broad SMARTS) is 1. The van der Waals surface area contributed by atoms with E-state index in [2.05, 4.69) is 5.32 Å². The monoisotopic (exact) mass is 295 g/mol. The number of carboxylic acids is 1. The van der Waals surface area contributed by atoms with E-state index in [1.807, 2.05) is 18.2 Å². The normalized spacial score (nSPS) is 11.4. The van der Waals surface area contributed by atoms with Gasteiger partial charge in [0.15, 0.2) is 0 Å². The van der Waals surface area contributed by atoms with Crippen molar-refractivity contribution in [3.63, 3.8) is 0 Å². The topological polar surface area (TPSA) is 92.7 Å². The molecule has 0 unspecified atom stereocenters. The van der Waals surface area contributed by atoms with Crippen molar-refractivity contribution in [2.45, 2.75) is 39.3 Å². The number of ether oxygens (including phenoxy) is 1. The van der Waals surface area contributed by atoms with Crippen molar-refractivity contribution in [2.75, 3.05) is 0 Å². The first kappa shape index (κ1) is 18.6. The highest BCUT2D eigenvalue weighted by Crippen LogP contribution is 2.06. The van der Waals surface area contributed by atoms with Crippen LogP contribution < -0.4 is 5.32 Å². The third-order valence-corrected chi connectivity index (χ3v) is 2.04. The van der Waals surface area contributed by atoms with E-state index in [-0.39, 0.29) is 0 Å². The van der Waals surface area contributed by atoms with Gasteiger partial charge in [-0.1, -0.05) is 30.3 Å². The molecule has 0 aliphatic carbocycles. The largest absolute Gasteiger partial charge is 0.480 e. The molecule has 0 heterocycles. The van der Waals surface area contributed by atoms with Crippen molar-refractivity contribution in [3.8, 4) is 0 Å². The number of alkyl carbamates (subject to hydrolysis) is 1. The summed E-state index contributed by atoms with van der Waals surface area (Å²) in [5.74, 6) is -1.09. The Morgan fingerprint density at radius 2 is 1.76 bits per heavy atom. The van der Waals surface area contributed by atoms with Gasteiger partial charge >= 0.3 is 12.1 Å². The molecule has 0 saturated heterocycles. The van der Waals surface area contributed by atoms with Crippen molar-refractivity contribution in [2.24, 2.45) is 0 Å². The zero-order valence-electron chi connectivity index (χ0n) is 12.6. The van der Waals surface area contributed by atoms with E-state index in [9.17, 15) is 14.4 Å². The van der Waals surface area contributed by atoms with Crippen molar-refractivity contribution in [1.82, 2.24) is 5.32 Å². The van der Waals surface area contributed by atoms with Gasteiger partial charge in [-0.05, 0) is 27.7 Å². The fourth-order valence-corrected chi connectivity index (χ4v) is 1.08. The SMILES string of the molecule is C[C@H](NC(=O)OC(C)(C)C)C(=O)O.O=Cc1ccccc1. The molecule has 0 bridgehead atoms. The summed E-state index contributed by atoms with van der Waals surface area (Å²) in [5.41, 5.74) is 0.120. The minimum absolute atomic E-state index is 0.609. The highest BCUT2D eigenvalue weighted by atomic mass is 16.6. The molecular weight excluding hydrogens is 274 g/mol. The second kappa shape index (κ2) is 8.73. The summed E-state index contributed by atoms with van der Waals surface area (Å²) in [6.07, 6.45) is 0.113. The molecule has 1 aromatic carbocycles. The van der Waals surface area contributed by atoms with Gasteiger partial charge in [-0.25, -0.2) is 4.79 Å². The average Bonchev–Trinajstić information content (AvgIpc) is 2.38. The summed E-state index contributed by atoms with van der Waals surface area (Å²) in [7, 11) is 0. The number of hydrogen-bond donors (Lipinski definition) is 2. The van der Waals surface area contributed by atoms with Crippen molar-refractivity contribution in [3.05, 3.63) is 35.9 Å². The van der Waals surface area contributed by atoms with Gasteiger partial charge in [0.05, 0.1) is 0 Å². The Hall–Kier alpha value is -2.37. The van der Waals surface area contributed by atoms with Gasteiger partial charge < -0.3 is 15.2 Å². The van der Waals surface area contributed by atoms with E-state index in [1.54, 1.807) is 32.9 Å². The van der Waals surface area contributed by atoms with Gasteiger partial charge in [-0.3, -0.25) is 9.59 Å². The van der Waals surface area contributed by atoms with Crippen LogP contribution in [0.15, 0.2) is 30.3 Å². The lowest BCUT2D eigenvalue weighted by atomic mass is 10.2. The molecule has 0 radical (unpaired) electrons. The fourth-order valence-electron chi connectivity index (χ4n) is 1.08. The number of amides is 1. The van der Waals surface area contributed by atoms with Gasteiger partial charge in [0, 0.05) is 5.56 Å². The van der Waals surface area contributed by atoms with Crippen LogP contribution in [0.25, 0.3) is 0 Å². The van der Waals surface area contributed by atoms with Gasteiger partial charge in [0.2, 0.25) is 0 Å². The molecule has 2 N–H and O–H groups in total. The quantitative estimate of drug-likeness (QED) is 0.836. The third-order valence-electron chi connectivity index (χ3n) is 2.04. The highest BCUT2D eigenvalue weighted by Gasteiger charge is 2.20. The summed E-state index contributed by atoms with van der Waals surface area (Å²) in [5, 5.41) is 10.6. The number of carbonyl (C=O) groups excluding carboxylic acids is 2. The molecule has 1 amide bonds. The Balaban J connectivity index is 0.000000423. The molecule has 116 valence electrons. The van der Waals surface area contributed by atoms with Crippen LogP contribution >= 0.6 is 0 Å². The number of carbonyl (C=O) groups is 3. The molecule has 0 saturated carbocycles. The van der Waals surface area contributed by atoms with E-state index < -0.39 is 23.7 Å². The van der Waals surface area contributed by atoms with Gasteiger partial charge in [0.25, 0.3) is 0 Å². The first-order valence-corrected chi connectivity index (χ1v) is 6.38. The Morgan fingerprint density at radius 3 is 2.10 bits per heavy atom. The van der Waals surface area contributed by atoms with Gasteiger partial charge in [-0.15, -0.1) is 0 Å². The Morgan fingerprint density at radius 1 is 1.24 bits per heavy atom. The smallest absolute Gasteiger partial charge is 0.408 e. The molecule has 0 aliphatic rings. The van der Waals surface area contributed by atoms with Crippen LogP contribution in [-0.2, 0) is 9.53 Å². The van der Waals surface area contributed by atoms with Crippen molar-refractivity contribution >= 4 is 18.3 Å². The molecule has 0 fully saturated rings. The molecule has 21 heavy (non-hydrogen) atoms. The lowest BCUT2D eigenvalue weighted by Gasteiger charge is -2.20. The van der Waals surface area contributed by atoms with Gasteiger partial charge in [-0.2, -0.15) is 0 Å². The Bertz CT molecular complexity index is 465. The summed E-state index contributed by atoms with van der Waals surface area (Å²) >= 11 is 0. The highest BCUT2D eigenvalue weighted by molar-refractivity contribution is 5.79. The Kier molecular flexibility index (Phi) is 7.75. The minimum Gasteiger partial charge on any atom is -0.480 e. The van der Waals surface area contributed by atoms with Crippen LogP contribution in [0.1, 0.15) is 38.1 Å². The van der Waals surface area contributed by atoms with E-state index in [1.165, 1.54) is 6.92 Å². The van der Waals surface area contributed by atoms with Crippen LogP contribution in [0.5, 0.6) is 0 Å². The summed E-state index contributed by atoms with van der Waals surface area (Å²) in [4.78, 5) is 31.3. The predicted molar refractivity (Wildman–Crippen MR) is 78.3 cm³/mol. The average molecular weight is 295 g/mol. The molecule has 0 aliphatic heterocycles. The van der Waals surface area contributed by atoms with Crippen LogP contribution in [-0.4, -0.2) is 35.1 Å². The van der Waals surface area contributed by atoms with Crippen LogP contribution in [0.4, 0.5) is 4.79 Å². The number of aliphatic carboxylic acids is 1. The number of benzene rings is 1. The van der Waals surface area contributed by atoms with E-state index in [0.29, 0.717) is 0 Å². The number of nitrogens with one attached hydrogen (secondary N) is 1. The maximum Gasteiger partial charge on any atom is 0.408 e. The first-order valence-electron chi connectivity index (χ1n) is 6.38. The van der Waals surface area contributed by atoms with Crippen LogP contribution in [0.3, 0.4) is 0 Å². The Labute approximate surface area is 124 Å².